The maximum Gasteiger partial charge on any atom is 0.128 e. The van der Waals surface area contributed by atoms with Crippen molar-refractivity contribution >= 4 is 11.5 Å². The molecule has 3 nitrogen and oxygen atoms in total. The van der Waals surface area contributed by atoms with E-state index in [-0.39, 0.29) is 0 Å². The van der Waals surface area contributed by atoms with E-state index in [4.69, 9.17) is 5.73 Å². The average Bonchev–Trinajstić information content (AvgIpc) is 2.66. The van der Waals surface area contributed by atoms with Crippen LogP contribution in [0.3, 0.4) is 0 Å². The van der Waals surface area contributed by atoms with E-state index >= 15 is 0 Å². The fourth-order valence-corrected chi connectivity index (χ4v) is 2.12. The lowest BCUT2D eigenvalue weighted by molar-refractivity contribution is 0.659. The van der Waals surface area contributed by atoms with E-state index < -0.39 is 0 Å². The molecule has 1 aromatic rings. The summed E-state index contributed by atoms with van der Waals surface area (Å²) in [5.41, 5.74) is 7.87. The Labute approximate surface area is 91.3 Å². The lowest BCUT2D eigenvalue weighted by atomic mass is 10.1. The molecule has 2 N–H and O–H groups in total. The highest BCUT2D eigenvalue weighted by Crippen LogP contribution is 2.24. The molecule has 0 spiro atoms. The molecule has 0 bridgehead atoms. The van der Waals surface area contributed by atoms with Gasteiger partial charge in [-0.05, 0) is 30.4 Å². The van der Waals surface area contributed by atoms with Crippen molar-refractivity contribution in [3.63, 3.8) is 0 Å². The number of nitrogens with two attached hydrogens (primary N) is 1. The molecular weight excluding hydrogens is 186 g/mol. The van der Waals surface area contributed by atoms with Gasteiger partial charge in [0.25, 0.3) is 0 Å². The van der Waals surface area contributed by atoms with Crippen LogP contribution >= 0.6 is 0 Å². The Morgan fingerprint density at radius 1 is 1.60 bits per heavy atom. The molecule has 2 rings (SSSR count). The van der Waals surface area contributed by atoms with Gasteiger partial charge in [0, 0.05) is 13.1 Å². The third kappa shape index (κ3) is 2.06. The predicted octanol–water partition coefficient (Wildman–Crippen LogP) is 2.07. The lowest BCUT2D eigenvalue weighted by Gasteiger charge is -2.18. The smallest absolute Gasteiger partial charge is 0.128 e. The summed E-state index contributed by atoms with van der Waals surface area (Å²) in [6.07, 6.45) is 4.04. The van der Waals surface area contributed by atoms with Crippen LogP contribution in [0.5, 0.6) is 0 Å². The van der Waals surface area contributed by atoms with Gasteiger partial charge in [-0.25, -0.2) is 4.98 Å². The molecule has 1 aromatic heterocycles. The molecule has 1 atom stereocenters. The van der Waals surface area contributed by atoms with Crippen LogP contribution in [-0.4, -0.2) is 18.1 Å². The van der Waals surface area contributed by atoms with Crippen molar-refractivity contribution in [1.82, 2.24) is 4.98 Å². The fourth-order valence-electron chi connectivity index (χ4n) is 2.12. The Morgan fingerprint density at radius 2 is 2.40 bits per heavy atom. The second kappa shape index (κ2) is 4.09. The number of pyridine rings is 1. The zero-order valence-electron chi connectivity index (χ0n) is 9.53. The number of anilines is 2. The summed E-state index contributed by atoms with van der Waals surface area (Å²) >= 11 is 0. The topological polar surface area (TPSA) is 42.2 Å². The average molecular weight is 205 g/mol. The van der Waals surface area contributed by atoms with Crippen LogP contribution in [-0.2, 0) is 6.42 Å². The highest BCUT2D eigenvalue weighted by atomic mass is 15.2. The van der Waals surface area contributed by atoms with Gasteiger partial charge in [0.05, 0.1) is 11.9 Å². The van der Waals surface area contributed by atoms with Gasteiger partial charge >= 0.3 is 0 Å². The van der Waals surface area contributed by atoms with Gasteiger partial charge in [-0.15, -0.1) is 0 Å². The van der Waals surface area contributed by atoms with E-state index in [0.717, 1.165) is 36.9 Å². The standard InChI is InChI=1S/C12H19N3/c1-3-10-6-12(14-7-11(10)13)15-5-4-9(2)8-15/h6-7,9H,3-5,8,13H2,1-2H3. The van der Waals surface area contributed by atoms with Crippen LogP contribution in [0, 0.1) is 5.92 Å². The highest BCUT2D eigenvalue weighted by Gasteiger charge is 2.20. The van der Waals surface area contributed by atoms with Crippen molar-refractivity contribution in [1.29, 1.82) is 0 Å². The predicted molar refractivity (Wildman–Crippen MR) is 64.0 cm³/mol. The Balaban J connectivity index is 2.21. The number of hydrogen-bond acceptors (Lipinski definition) is 3. The van der Waals surface area contributed by atoms with Crippen molar-refractivity contribution in [2.24, 2.45) is 5.92 Å². The minimum absolute atomic E-state index is 0.787. The van der Waals surface area contributed by atoms with E-state index in [0.29, 0.717) is 0 Å². The number of nitrogens with zero attached hydrogens (tertiary/aromatic N) is 2. The number of nitrogen functional groups attached to an aromatic ring is 1. The molecule has 0 saturated carbocycles. The normalized spacial score (nSPS) is 20.9. The minimum Gasteiger partial charge on any atom is -0.397 e. The van der Waals surface area contributed by atoms with Crippen molar-refractivity contribution < 1.29 is 0 Å². The third-order valence-corrected chi connectivity index (χ3v) is 3.14. The molecule has 1 unspecified atom stereocenters. The first-order valence-electron chi connectivity index (χ1n) is 5.70. The molecule has 1 fully saturated rings. The SMILES string of the molecule is CCc1cc(N2CCC(C)C2)ncc1N. The van der Waals surface area contributed by atoms with Gasteiger partial charge in [-0.1, -0.05) is 13.8 Å². The van der Waals surface area contributed by atoms with Crippen LogP contribution in [0.4, 0.5) is 11.5 Å². The molecule has 0 radical (unpaired) electrons. The summed E-state index contributed by atoms with van der Waals surface area (Å²) in [4.78, 5) is 6.75. The quantitative estimate of drug-likeness (QED) is 0.803. The first kappa shape index (κ1) is 10.3. The van der Waals surface area contributed by atoms with Gasteiger partial charge < -0.3 is 10.6 Å². The molecule has 0 amide bonds. The lowest BCUT2D eigenvalue weighted by Crippen LogP contribution is -2.20. The second-order valence-electron chi connectivity index (χ2n) is 4.43. The minimum atomic E-state index is 0.787. The highest BCUT2D eigenvalue weighted by molar-refractivity contribution is 5.53. The van der Waals surface area contributed by atoms with Gasteiger partial charge in [-0.3, -0.25) is 0 Å². The van der Waals surface area contributed by atoms with Crippen LogP contribution in [0.1, 0.15) is 25.8 Å². The Hall–Kier alpha value is -1.25. The zero-order valence-corrected chi connectivity index (χ0v) is 9.53. The van der Waals surface area contributed by atoms with Crippen molar-refractivity contribution in [2.75, 3.05) is 23.7 Å². The first-order valence-corrected chi connectivity index (χ1v) is 5.70. The molecule has 1 saturated heterocycles. The van der Waals surface area contributed by atoms with Crippen LogP contribution in [0.2, 0.25) is 0 Å². The number of hydrogen-bond donors (Lipinski definition) is 1. The molecule has 15 heavy (non-hydrogen) atoms. The molecule has 2 heterocycles. The van der Waals surface area contributed by atoms with Crippen LogP contribution < -0.4 is 10.6 Å². The van der Waals surface area contributed by atoms with Gasteiger partial charge in [0.1, 0.15) is 5.82 Å². The molecular formula is C12H19N3. The Kier molecular flexibility index (Phi) is 2.80. The van der Waals surface area contributed by atoms with Crippen molar-refractivity contribution in [2.45, 2.75) is 26.7 Å². The van der Waals surface area contributed by atoms with Gasteiger partial charge in [-0.2, -0.15) is 0 Å². The molecule has 1 aliphatic heterocycles. The summed E-state index contributed by atoms with van der Waals surface area (Å²) in [5.74, 6) is 1.87. The molecule has 82 valence electrons. The number of rotatable bonds is 2. The van der Waals surface area contributed by atoms with E-state index in [9.17, 15) is 0 Å². The first-order chi connectivity index (χ1) is 7.20. The third-order valence-electron chi connectivity index (χ3n) is 3.14. The number of aryl methyl sites for hydroxylation is 1. The summed E-state index contributed by atoms with van der Waals surface area (Å²) in [6, 6.07) is 2.13. The second-order valence-corrected chi connectivity index (χ2v) is 4.43. The molecule has 1 aliphatic rings. The Bertz CT molecular complexity index is 349. The zero-order chi connectivity index (χ0) is 10.8. The van der Waals surface area contributed by atoms with E-state index in [1.807, 2.05) is 0 Å². The summed E-state index contributed by atoms with van der Waals surface area (Å²) in [7, 11) is 0. The maximum atomic E-state index is 5.84. The van der Waals surface area contributed by atoms with Crippen molar-refractivity contribution in [3.8, 4) is 0 Å². The van der Waals surface area contributed by atoms with Gasteiger partial charge in [0.15, 0.2) is 0 Å². The summed E-state index contributed by atoms with van der Waals surface area (Å²) in [5, 5.41) is 0. The maximum absolute atomic E-state index is 5.84. The summed E-state index contributed by atoms with van der Waals surface area (Å²) < 4.78 is 0. The van der Waals surface area contributed by atoms with Crippen LogP contribution in [0.15, 0.2) is 12.3 Å². The van der Waals surface area contributed by atoms with Gasteiger partial charge in [0.2, 0.25) is 0 Å². The van der Waals surface area contributed by atoms with E-state index in [1.54, 1.807) is 6.20 Å². The van der Waals surface area contributed by atoms with Crippen molar-refractivity contribution in [3.05, 3.63) is 17.8 Å². The van der Waals surface area contributed by atoms with Crippen LogP contribution in [0.25, 0.3) is 0 Å². The molecule has 0 aliphatic carbocycles. The fraction of sp³-hybridized carbons (Fsp3) is 0.583. The largest absolute Gasteiger partial charge is 0.397 e. The van der Waals surface area contributed by atoms with E-state index in [1.165, 1.54) is 12.0 Å². The number of aromatic nitrogens is 1. The Morgan fingerprint density at radius 3 is 3.00 bits per heavy atom. The monoisotopic (exact) mass is 205 g/mol. The van der Waals surface area contributed by atoms with E-state index in [2.05, 4.69) is 29.8 Å². The molecule has 0 aromatic carbocycles. The molecule has 3 heteroatoms. The summed E-state index contributed by atoms with van der Waals surface area (Å²) in [6.45, 7) is 6.67.